The van der Waals surface area contributed by atoms with Crippen molar-refractivity contribution in [2.24, 2.45) is 0 Å². The van der Waals surface area contributed by atoms with Crippen molar-refractivity contribution >= 4 is 11.7 Å². The van der Waals surface area contributed by atoms with Crippen molar-refractivity contribution in [3.63, 3.8) is 0 Å². The molecule has 1 aliphatic heterocycles. The van der Waals surface area contributed by atoms with E-state index in [9.17, 15) is 9.59 Å². The van der Waals surface area contributed by atoms with Gasteiger partial charge in [-0.3, -0.25) is 9.59 Å². The zero-order valence-electron chi connectivity index (χ0n) is 10.4. The van der Waals surface area contributed by atoms with Crippen LogP contribution in [0.1, 0.15) is 26.2 Å². The first-order valence-corrected chi connectivity index (χ1v) is 6.19. The van der Waals surface area contributed by atoms with E-state index in [-0.39, 0.29) is 18.3 Å². The van der Waals surface area contributed by atoms with Gasteiger partial charge < -0.3 is 14.4 Å². The lowest BCUT2D eigenvalue weighted by Crippen LogP contribution is -2.40. The Morgan fingerprint density at radius 2 is 1.82 bits per heavy atom. The maximum absolute atomic E-state index is 11.6. The zero-order chi connectivity index (χ0) is 12.5. The van der Waals surface area contributed by atoms with E-state index >= 15 is 0 Å². The summed E-state index contributed by atoms with van der Waals surface area (Å²) in [6.07, 6.45) is 1.94. The van der Waals surface area contributed by atoms with Crippen LogP contribution in [0.5, 0.6) is 0 Å². The Labute approximate surface area is 102 Å². The highest BCUT2D eigenvalue weighted by molar-refractivity contribution is 5.83. The number of nitrogens with zero attached hydrogens (tertiary/aromatic N) is 1. The minimum Gasteiger partial charge on any atom is -0.379 e. The number of carbonyl (C=O) groups excluding carboxylic acids is 2. The van der Waals surface area contributed by atoms with Gasteiger partial charge in [0, 0.05) is 32.5 Å². The van der Waals surface area contributed by atoms with Crippen LogP contribution in [0.25, 0.3) is 0 Å². The molecule has 5 heteroatoms. The number of piperidine rings is 1. The van der Waals surface area contributed by atoms with Crippen molar-refractivity contribution in [2.45, 2.75) is 26.2 Å². The van der Waals surface area contributed by atoms with E-state index in [1.165, 1.54) is 0 Å². The first-order valence-electron chi connectivity index (χ1n) is 6.19. The first kappa shape index (κ1) is 14.1. The maximum Gasteiger partial charge on any atom is 0.248 e. The predicted molar refractivity (Wildman–Crippen MR) is 62.8 cm³/mol. The molecule has 0 N–H and O–H groups in total. The Kier molecular flexibility index (Phi) is 6.81. The Morgan fingerprint density at radius 1 is 1.18 bits per heavy atom. The number of amides is 1. The van der Waals surface area contributed by atoms with Gasteiger partial charge in [0.15, 0.2) is 0 Å². The van der Waals surface area contributed by atoms with Crippen LogP contribution in [0.15, 0.2) is 0 Å². The van der Waals surface area contributed by atoms with Gasteiger partial charge in [0.1, 0.15) is 12.4 Å². The molecule has 0 atom stereocenters. The summed E-state index contributed by atoms with van der Waals surface area (Å²) >= 11 is 0. The molecular weight excluding hydrogens is 222 g/mol. The van der Waals surface area contributed by atoms with E-state index in [2.05, 4.69) is 0 Å². The number of ketones is 1. The molecule has 0 aromatic rings. The summed E-state index contributed by atoms with van der Waals surface area (Å²) in [7, 11) is 0. The van der Waals surface area contributed by atoms with Gasteiger partial charge in [-0.15, -0.1) is 0 Å². The Bertz CT molecular complexity index is 245. The van der Waals surface area contributed by atoms with Crippen LogP contribution >= 0.6 is 0 Å². The van der Waals surface area contributed by atoms with Crippen molar-refractivity contribution in [3.05, 3.63) is 0 Å². The minimum atomic E-state index is -0.0343. The van der Waals surface area contributed by atoms with E-state index < -0.39 is 0 Å². The second-order valence-corrected chi connectivity index (χ2v) is 4.08. The molecule has 0 saturated carbocycles. The first-order chi connectivity index (χ1) is 8.24. The van der Waals surface area contributed by atoms with Crippen LogP contribution in [0, 0.1) is 0 Å². The fourth-order valence-corrected chi connectivity index (χ4v) is 1.62. The molecule has 1 heterocycles. The smallest absolute Gasteiger partial charge is 0.248 e. The van der Waals surface area contributed by atoms with Gasteiger partial charge >= 0.3 is 0 Å². The van der Waals surface area contributed by atoms with Gasteiger partial charge in [0.2, 0.25) is 5.91 Å². The number of likely N-dealkylation sites (tertiary alicyclic amines) is 1. The molecule has 1 aliphatic rings. The van der Waals surface area contributed by atoms with Crippen LogP contribution in [0.4, 0.5) is 0 Å². The van der Waals surface area contributed by atoms with E-state index in [4.69, 9.17) is 9.47 Å². The molecule has 0 aromatic carbocycles. The fraction of sp³-hybridized carbons (Fsp3) is 0.833. The van der Waals surface area contributed by atoms with Crippen LogP contribution in [0.3, 0.4) is 0 Å². The average molecular weight is 243 g/mol. The van der Waals surface area contributed by atoms with Crippen LogP contribution in [0.2, 0.25) is 0 Å². The standard InChI is InChI=1S/C12H21NO4/c1-2-7-16-8-9-17-10-12(15)13-5-3-11(14)4-6-13/h2-10H2,1H3. The summed E-state index contributed by atoms with van der Waals surface area (Å²) in [5.41, 5.74) is 0. The SMILES string of the molecule is CCCOCCOCC(=O)N1CCC(=O)CC1. The Morgan fingerprint density at radius 3 is 2.47 bits per heavy atom. The number of ether oxygens (including phenoxy) is 2. The van der Waals surface area contributed by atoms with Crippen molar-refractivity contribution in [2.75, 3.05) is 39.5 Å². The van der Waals surface area contributed by atoms with E-state index in [0.717, 1.165) is 13.0 Å². The molecule has 98 valence electrons. The van der Waals surface area contributed by atoms with E-state index in [1.54, 1.807) is 4.90 Å². The number of Topliss-reactive ketones (excluding diaryl/α,β-unsaturated/α-hetero) is 1. The Balaban J connectivity index is 2.03. The third-order valence-electron chi connectivity index (χ3n) is 2.62. The molecule has 0 aliphatic carbocycles. The van der Waals surface area contributed by atoms with Gasteiger partial charge in [-0.1, -0.05) is 6.92 Å². The summed E-state index contributed by atoms with van der Waals surface area (Å²) in [5.74, 6) is 0.205. The lowest BCUT2D eigenvalue weighted by Gasteiger charge is -2.25. The lowest BCUT2D eigenvalue weighted by atomic mass is 10.1. The highest BCUT2D eigenvalue weighted by Gasteiger charge is 2.20. The Hall–Kier alpha value is -0.940. The number of hydrogen-bond donors (Lipinski definition) is 0. The second kappa shape index (κ2) is 8.20. The predicted octanol–water partition coefficient (Wildman–Crippen LogP) is 0.621. The third kappa shape index (κ3) is 5.79. The molecule has 1 fully saturated rings. The summed E-state index contributed by atoms with van der Waals surface area (Å²) in [5, 5.41) is 0. The molecule has 1 saturated heterocycles. The van der Waals surface area contributed by atoms with Gasteiger partial charge in [0.05, 0.1) is 13.2 Å². The van der Waals surface area contributed by atoms with Crippen molar-refractivity contribution < 1.29 is 19.1 Å². The largest absolute Gasteiger partial charge is 0.379 e. The molecule has 0 unspecified atom stereocenters. The van der Waals surface area contributed by atoms with Crippen LogP contribution in [-0.4, -0.2) is 56.1 Å². The molecule has 17 heavy (non-hydrogen) atoms. The highest BCUT2D eigenvalue weighted by atomic mass is 16.5. The minimum absolute atomic E-state index is 0.0343. The molecular formula is C12H21NO4. The summed E-state index contributed by atoms with van der Waals surface area (Å²) in [6.45, 7) is 4.90. The van der Waals surface area contributed by atoms with Gasteiger partial charge in [0.25, 0.3) is 0 Å². The molecule has 1 rings (SSSR count). The number of hydrogen-bond acceptors (Lipinski definition) is 4. The van der Waals surface area contributed by atoms with E-state index in [1.807, 2.05) is 6.92 Å². The van der Waals surface area contributed by atoms with Gasteiger partial charge in [-0.2, -0.15) is 0 Å². The molecule has 5 nitrogen and oxygen atoms in total. The van der Waals surface area contributed by atoms with Gasteiger partial charge in [-0.05, 0) is 6.42 Å². The molecule has 0 spiro atoms. The van der Waals surface area contributed by atoms with E-state index in [0.29, 0.717) is 39.1 Å². The number of rotatable bonds is 7. The van der Waals surface area contributed by atoms with Crippen molar-refractivity contribution in [1.29, 1.82) is 0 Å². The molecule has 0 radical (unpaired) electrons. The van der Waals surface area contributed by atoms with Crippen LogP contribution in [-0.2, 0) is 19.1 Å². The summed E-state index contributed by atoms with van der Waals surface area (Å²) < 4.78 is 10.5. The van der Waals surface area contributed by atoms with Gasteiger partial charge in [-0.25, -0.2) is 0 Å². The molecule has 1 amide bonds. The fourth-order valence-electron chi connectivity index (χ4n) is 1.62. The van der Waals surface area contributed by atoms with Crippen molar-refractivity contribution in [1.82, 2.24) is 4.90 Å². The third-order valence-corrected chi connectivity index (χ3v) is 2.62. The average Bonchev–Trinajstić information content (AvgIpc) is 2.34. The number of carbonyl (C=O) groups is 2. The normalized spacial score (nSPS) is 16.3. The highest BCUT2D eigenvalue weighted by Crippen LogP contribution is 2.05. The molecule has 0 aromatic heterocycles. The summed E-state index contributed by atoms with van der Waals surface area (Å²) in [4.78, 5) is 24.3. The lowest BCUT2D eigenvalue weighted by molar-refractivity contribution is -0.139. The zero-order valence-corrected chi connectivity index (χ0v) is 10.4. The topological polar surface area (TPSA) is 55.8 Å². The second-order valence-electron chi connectivity index (χ2n) is 4.08. The maximum atomic E-state index is 11.6. The molecule has 0 bridgehead atoms. The van der Waals surface area contributed by atoms with Crippen molar-refractivity contribution in [3.8, 4) is 0 Å². The summed E-state index contributed by atoms with van der Waals surface area (Å²) in [6, 6.07) is 0. The quantitative estimate of drug-likeness (QED) is 0.615. The monoisotopic (exact) mass is 243 g/mol. The van der Waals surface area contributed by atoms with Crippen LogP contribution < -0.4 is 0 Å².